The molecule has 2 aromatic carbocycles. The molecule has 2 aromatic heterocycles. The van der Waals surface area contributed by atoms with Crippen molar-refractivity contribution < 1.29 is 9.21 Å². The molecular formula is C27H28N4O2. The molecule has 0 aliphatic carbocycles. The van der Waals surface area contributed by atoms with Crippen LogP contribution in [0.2, 0.25) is 0 Å². The van der Waals surface area contributed by atoms with Crippen LogP contribution in [0, 0.1) is 6.92 Å². The minimum absolute atomic E-state index is 0.109. The molecule has 1 N–H and O–H groups in total. The lowest BCUT2D eigenvalue weighted by Gasteiger charge is -2.32. The molecule has 1 fully saturated rings. The number of rotatable bonds is 6. The maximum atomic E-state index is 13.3. The highest BCUT2D eigenvalue weighted by Crippen LogP contribution is 2.23. The van der Waals surface area contributed by atoms with Gasteiger partial charge in [0.2, 0.25) is 0 Å². The molecule has 6 heteroatoms. The highest BCUT2D eigenvalue weighted by atomic mass is 16.3. The predicted octanol–water partition coefficient (Wildman–Crippen LogP) is 4.84. The molecule has 1 amide bonds. The van der Waals surface area contributed by atoms with Crippen LogP contribution >= 0.6 is 0 Å². The number of furan rings is 1. The minimum Gasteiger partial charge on any atom is -0.463 e. The molecule has 0 radical (unpaired) electrons. The number of aromatic nitrogens is 2. The molecule has 0 spiro atoms. The van der Waals surface area contributed by atoms with Gasteiger partial charge >= 0.3 is 0 Å². The topological polar surface area (TPSA) is 63.3 Å². The minimum atomic E-state index is -0.109. The number of aryl methyl sites for hydroxylation is 1. The van der Waals surface area contributed by atoms with Crippen molar-refractivity contribution in [3.63, 3.8) is 0 Å². The Morgan fingerprint density at radius 3 is 2.48 bits per heavy atom. The Hall–Kier alpha value is -3.64. The Morgan fingerprint density at radius 2 is 1.79 bits per heavy atom. The van der Waals surface area contributed by atoms with Crippen molar-refractivity contribution in [1.29, 1.82) is 0 Å². The summed E-state index contributed by atoms with van der Waals surface area (Å²) in [6, 6.07) is 24.2. The van der Waals surface area contributed by atoms with E-state index < -0.39 is 0 Å². The average Bonchev–Trinajstić information content (AvgIpc) is 3.52. The van der Waals surface area contributed by atoms with Gasteiger partial charge in [-0.05, 0) is 49.6 Å². The Labute approximate surface area is 193 Å². The molecule has 5 rings (SSSR count). The Kier molecular flexibility index (Phi) is 6.09. The van der Waals surface area contributed by atoms with Crippen LogP contribution in [0.5, 0.6) is 0 Å². The van der Waals surface area contributed by atoms with E-state index in [2.05, 4.69) is 39.6 Å². The third-order valence-corrected chi connectivity index (χ3v) is 6.17. The van der Waals surface area contributed by atoms with Crippen LogP contribution in [0.15, 0.2) is 83.5 Å². The van der Waals surface area contributed by atoms with Crippen LogP contribution < -0.4 is 5.32 Å². The number of likely N-dealkylation sites (tertiary alicyclic amines) is 1. The number of nitrogens with zero attached hydrogens (tertiary/aromatic N) is 3. The number of carbonyl (C=O) groups is 1. The molecular weight excluding hydrogens is 412 g/mol. The summed E-state index contributed by atoms with van der Waals surface area (Å²) in [6.45, 7) is 4.93. The van der Waals surface area contributed by atoms with Gasteiger partial charge in [0.15, 0.2) is 5.76 Å². The van der Waals surface area contributed by atoms with E-state index in [-0.39, 0.29) is 11.9 Å². The first-order valence-electron chi connectivity index (χ1n) is 11.4. The van der Waals surface area contributed by atoms with Gasteiger partial charge in [-0.1, -0.05) is 48.0 Å². The quantitative estimate of drug-likeness (QED) is 0.466. The van der Waals surface area contributed by atoms with E-state index in [1.54, 1.807) is 17.0 Å². The Bertz CT molecular complexity index is 1190. The van der Waals surface area contributed by atoms with E-state index in [0.717, 1.165) is 43.7 Å². The molecule has 33 heavy (non-hydrogen) atoms. The third kappa shape index (κ3) is 4.91. The lowest BCUT2D eigenvalue weighted by molar-refractivity contribution is 0.0901. The summed E-state index contributed by atoms with van der Waals surface area (Å²) in [4.78, 5) is 15.8. The van der Waals surface area contributed by atoms with Crippen LogP contribution in [0.4, 0.5) is 0 Å². The fourth-order valence-corrected chi connectivity index (χ4v) is 4.31. The van der Waals surface area contributed by atoms with Crippen LogP contribution in [0.1, 0.15) is 34.5 Å². The molecule has 6 nitrogen and oxygen atoms in total. The molecule has 0 saturated carbocycles. The number of hydrogen-bond donors (Lipinski definition) is 1. The van der Waals surface area contributed by atoms with E-state index in [1.165, 1.54) is 5.56 Å². The van der Waals surface area contributed by atoms with Gasteiger partial charge in [-0.2, -0.15) is 5.10 Å². The monoisotopic (exact) mass is 440 g/mol. The number of piperidine rings is 1. The predicted molar refractivity (Wildman–Crippen MR) is 128 cm³/mol. The summed E-state index contributed by atoms with van der Waals surface area (Å²) in [7, 11) is 0. The van der Waals surface area contributed by atoms with Gasteiger partial charge in [0.05, 0.1) is 12.0 Å². The van der Waals surface area contributed by atoms with Crippen molar-refractivity contribution in [3.05, 3.63) is 95.9 Å². The lowest BCUT2D eigenvalue weighted by Crippen LogP contribution is -2.44. The molecule has 1 saturated heterocycles. The Morgan fingerprint density at radius 1 is 1.03 bits per heavy atom. The van der Waals surface area contributed by atoms with Crippen molar-refractivity contribution in [2.45, 2.75) is 32.4 Å². The molecule has 0 unspecified atom stereocenters. The summed E-state index contributed by atoms with van der Waals surface area (Å²) in [5.41, 5.74) is 4.49. The summed E-state index contributed by atoms with van der Waals surface area (Å²) in [5, 5.41) is 7.92. The standard InChI is InChI=1S/C27H28N4O2/c1-20-9-11-23(12-10-20)31-25(18-24(29-31)26-8-5-17-33-26)27(32)28-22-13-15-30(16-14-22)19-21-6-3-2-4-7-21/h2-12,17-18,22H,13-16,19H2,1H3,(H,28,32). The summed E-state index contributed by atoms with van der Waals surface area (Å²) in [6.07, 6.45) is 3.48. The molecule has 3 heterocycles. The molecule has 168 valence electrons. The number of hydrogen-bond acceptors (Lipinski definition) is 4. The van der Waals surface area contributed by atoms with Crippen molar-refractivity contribution in [2.24, 2.45) is 0 Å². The number of amides is 1. The highest BCUT2D eigenvalue weighted by Gasteiger charge is 2.24. The van der Waals surface area contributed by atoms with Crippen LogP contribution in [0.25, 0.3) is 17.1 Å². The van der Waals surface area contributed by atoms with Gasteiger partial charge in [-0.15, -0.1) is 0 Å². The smallest absolute Gasteiger partial charge is 0.270 e. The molecule has 4 aromatic rings. The third-order valence-electron chi connectivity index (χ3n) is 6.17. The van der Waals surface area contributed by atoms with Gasteiger partial charge in [0, 0.05) is 31.7 Å². The summed E-state index contributed by atoms with van der Waals surface area (Å²) < 4.78 is 7.23. The van der Waals surface area contributed by atoms with Crippen molar-refractivity contribution in [2.75, 3.05) is 13.1 Å². The number of benzene rings is 2. The fraction of sp³-hybridized carbons (Fsp3) is 0.259. The highest BCUT2D eigenvalue weighted by molar-refractivity contribution is 5.94. The van der Waals surface area contributed by atoms with Crippen LogP contribution in [-0.4, -0.2) is 39.7 Å². The zero-order valence-electron chi connectivity index (χ0n) is 18.8. The fourth-order valence-electron chi connectivity index (χ4n) is 4.31. The van der Waals surface area contributed by atoms with Gasteiger partial charge < -0.3 is 9.73 Å². The second-order valence-electron chi connectivity index (χ2n) is 8.65. The van der Waals surface area contributed by atoms with Crippen LogP contribution in [0.3, 0.4) is 0 Å². The molecule has 1 aliphatic rings. The summed E-state index contributed by atoms with van der Waals surface area (Å²) in [5.74, 6) is 0.534. The maximum Gasteiger partial charge on any atom is 0.270 e. The average molecular weight is 441 g/mol. The number of carbonyl (C=O) groups excluding carboxylic acids is 1. The first-order valence-corrected chi connectivity index (χ1v) is 11.4. The zero-order valence-corrected chi connectivity index (χ0v) is 18.8. The maximum absolute atomic E-state index is 13.3. The van der Waals surface area contributed by atoms with E-state index in [1.807, 2.05) is 49.4 Å². The van der Waals surface area contributed by atoms with E-state index in [4.69, 9.17) is 4.42 Å². The second-order valence-corrected chi connectivity index (χ2v) is 8.65. The van der Waals surface area contributed by atoms with E-state index in [9.17, 15) is 4.79 Å². The second kappa shape index (κ2) is 9.46. The Balaban J connectivity index is 1.29. The largest absolute Gasteiger partial charge is 0.463 e. The van der Waals surface area contributed by atoms with Gasteiger partial charge in [0.25, 0.3) is 5.91 Å². The SMILES string of the molecule is Cc1ccc(-n2nc(-c3ccco3)cc2C(=O)NC2CCN(Cc3ccccc3)CC2)cc1. The molecule has 0 bridgehead atoms. The van der Waals surface area contributed by atoms with Crippen molar-refractivity contribution in [1.82, 2.24) is 20.0 Å². The molecule has 0 atom stereocenters. The van der Waals surface area contributed by atoms with Crippen LogP contribution in [-0.2, 0) is 6.54 Å². The molecule has 1 aliphatic heterocycles. The van der Waals surface area contributed by atoms with Gasteiger partial charge in [-0.25, -0.2) is 4.68 Å². The zero-order chi connectivity index (χ0) is 22.6. The lowest BCUT2D eigenvalue weighted by atomic mass is 10.0. The van der Waals surface area contributed by atoms with Gasteiger partial charge in [0.1, 0.15) is 11.4 Å². The first kappa shape index (κ1) is 21.2. The number of nitrogens with one attached hydrogen (secondary N) is 1. The van der Waals surface area contributed by atoms with E-state index >= 15 is 0 Å². The van der Waals surface area contributed by atoms with Gasteiger partial charge in [-0.3, -0.25) is 9.69 Å². The normalized spacial score (nSPS) is 14.9. The van der Waals surface area contributed by atoms with Crippen molar-refractivity contribution >= 4 is 5.91 Å². The van der Waals surface area contributed by atoms with E-state index in [0.29, 0.717) is 17.1 Å². The first-order chi connectivity index (χ1) is 16.2. The summed E-state index contributed by atoms with van der Waals surface area (Å²) >= 11 is 0. The van der Waals surface area contributed by atoms with Crippen molar-refractivity contribution in [3.8, 4) is 17.1 Å².